The molecule has 2 fully saturated rings. The monoisotopic (exact) mass is 546 g/mol. The number of nitrogens with zero attached hydrogens (tertiary/aromatic N) is 4. The predicted molar refractivity (Wildman–Crippen MR) is 125 cm³/mol. The van der Waals surface area contributed by atoms with Gasteiger partial charge in [0.1, 0.15) is 18.0 Å². The molecule has 2 aliphatic rings. The summed E-state index contributed by atoms with van der Waals surface area (Å²) in [5.74, 6) is -0.532. The van der Waals surface area contributed by atoms with Crippen molar-refractivity contribution in [3.63, 3.8) is 0 Å². The van der Waals surface area contributed by atoms with E-state index >= 15 is 0 Å². The maximum Gasteiger partial charge on any atom is 0.416 e. The van der Waals surface area contributed by atoms with Crippen LogP contribution >= 0.6 is 0 Å². The summed E-state index contributed by atoms with van der Waals surface area (Å²) in [4.78, 5) is 16.1. The molecular formula is C23H26F4N4O5S. The number of hydrogen-bond acceptors (Lipinski definition) is 7. The molecular weight excluding hydrogens is 520 g/mol. The lowest BCUT2D eigenvalue weighted by Crippen LogP contribution is -2.50. The Morgan fingerprint density at radius 3 is 2.27 bits per heavy atom. The van der Waals surface area contributed by atoms with E-state index in [1.807, 2.05) is 4.90 Å². The van der Waals surface area contributed by atoms with Gasteiger partial charge >= 0.3 is 22.6 Å². The summed E-state index contributed by atoms with van der Waals surface area (Å²) in [5.41, 5.74) is -0.254. The van der Waals surface area contributed by atoms with Gasteiger partial charge in [-0.25, -0.2) is 9.18 Å². The first kappa shape index (κ1) is 27.3. The third-order valence-electron chi connectivity index (χ3n) is 6.16. The Hall–Kier alpha value is -2.78. The number of piperazine rings is 1. The molecule has 2 atom stereocenters. The second-order valence-electron chi connectivity index (χ2n) is 8.88. The number of hydrogen-bond donors (Lipinski definition) is 0. The molecule has 2 saturated heterocycles. The maximum atomic E-state index is 14.1. The number of carbonyl (C=O) groups excluding carboxylic acids is 1. The molecule has 0 aromatic heterocycles. The Morgan fingerprint density at radius 2 is 1.70 bits per heavy atom. The summed E-state index contributed by atoms with van der Waals surface area (Å²) in [6, 6.07) is 8.92. The van der Waals surface area contributed by atoms with E-state index in [-0.39, 0.29) is 25.3 Å². The minimum absolute atomic E-state index is 0.182. The molecule has 0 bridgehead atoms. The number of alkyl halides is 3. The van der Waals surface area contributed by atoms with Crippen LogP contribution in [0.4, 0.5) is 28.0 Å². The fraction of sp³-hybridized carbons (Fsp3) is 0.435. The van der Waals surface area contributed by atoms with Gasteiger partial charge in [0.25, 0.3) is 0 Å². The van der Waals surface area contributed by atoms with E-state index in [9.17, 15) is 30.8 Å². The van der Waals surface area contributed by atoms with Crippen LogP contribution in [-0.2, 0) is 25.5 Å². The summed E-state index contributed by atoms with van der Waals surface area (Å²) in [6.45, 7) is 1.56. The molecule has 0 radical (unpaired) electrons. The Bertz CT molecular complexity index is 1220. The highest BCUT2D eigenvalue weighted by atomic mass is 32.2. The zero-order chi connectivity index (χ0) is 27.0. The van der Waals surface area contributed by atoms with Gasteiger partial charge in [0.05, 0.1) is 5.56 Å². The molecule has 37 heavy (non-hydrogen) atoms. The summed E-state index contributed by atoms with van der Waals surface area (Å²) in [5, 5.41) is 1.32. The number of halogens is 4. The maximum absolute atomic E-state index is 14.1. The average molecular weight is 547 g/mol. The van der Waals surface area contributed by atoms with Crippen LogP contribution in [0.25, 0.3) is 0 Å². The second kappa shape index (κ2) is 10.5. The molecule has 0 aliphatic carbocycles. The van der Waals surface area contributed by atoms with E-state index in [1.54, 1.807) is 6.07 Å². The van der Waals surface area contributed by atoms with Gasteiger partial charge in [-0.3, -0.25) is 9.80 Å². The van der Waals surface area contributed by atoms with Gasteiger partial charge in [-0.05, 0) is 42.0 Å². The number of amides is 1. The van der Waals surface area contributed by atoms with E-state index in [4.69, 9.17) is 9.02 Å². The molecule has 0 saturated carbocycles. The van der Waals surface area contributed by atoms with E-state index in [2.05, 4.69) is 0 Å². The van der Waals surface area contributed by atoms with Gasteiger partial charge < -0.3 is 4.74 Å². The molecule has 2 heterocycles. The minimum atomic E-state index is -4.54. The first-order chi connectivity index (χ1) is 17.3. The number of carbonyl (C=O) groups is 1. The molecule has 2 aliphatic heterocycles. The van der Waals surface area contributed by atoms with Crippen molar-refractivity contribution >= 4 is 22.1 Å². The Morgan fingerprint density at radius 1 is 1.05 bits per heavy atom. The molecule has 0 unspecified atom stereocenters. The van der Waals surface area contributed by atoms with Crippen LogP contribution in [0.15, 0.2) is 48.5 Å². The van der Waals surface area contributed by atoms with Crippen molar-refractivity contribution in [3.8, 4) is 0 Å². The fourth-order valence-electron chi connectivity index (χ4n) is 4.24. The lowest BCUT2D eigenvalue weighted by Gasteiger charge is -2.35. The highest BCUT2D eigenvalue weighted by molar-refractivity contribution is 7.84. The van der Waals surface area contributed by atoms with E-state index < -0.39 is 46.1 Å². The van der Waals surface area contributed by atoms with Crippen LogP contribution in [0.5, 0.6) is 0 Å². The summed E-state index contributed by atoms with van der Waals surface area (Å²) >= 11 is 0. The summed E-state index contributed by atoms with van der Waals surface area (Å²) < 4.78 is 88.8. The zero-order valence-electron chi connectivity index (χ0n) is 20.1. The molecule has 0 spiro atoms. The first-order valence-electron chi connectivity index (χ1n) is 11.4. The minimum Gasteiger partial charge on any atom is -0.442 e. The molecule has 202 valence electrons. The van der Waals surface area contributed by atoms with Crippen molar-refractivity contribution < 1.29 is 39.8 Å². The number of benzene rings is 2. The molecule has 14 heteroatoms. The first-order valence-corrected chi connectivity index (χ1v) is 12.7. The quantitative estimate of drug-likeness (QED) is 0.493. The summed E-state index contributed by atoms with van der Waals surface area (Å²) in [7, 11) is -1.17. The molecule has 1 amide bonds. The van der Waals surface area contributed by atoms with E-state index in [0.717, 1.165) is 16.4 Å². The fourth-order valence-corrected chi connectivity index (χ4v) is 4.79. The zero-order valence-corrected chi connectivity index (χ0v) is 20.9. The van der Waals surface area contributed by atoms with Gasteiger partial charge in [0.2, 0.25) is 0 Å². The van der Waals surface area contributed by atoms with Crippen molar-refractivity contribution in [2.24, 2.45) is 0 Å². The van der Waals surface area contributed by atoms with Crippen LogP contribution in [0.1, 0.15) is 17.2 Å². The molecule has 9 nitrogen and oxygen atoms in total. The van der Waals surface area contributed by atoms with Crippen LogP contribution < -0.4 is 4.90 Å². The molecule has 2 aromatic carbocycles. The third-order valence-corrected chi connectivity index (χ3v) is 7.45. The lowest BCUT2D eigenvalue weighted by atomic mass is 9.99. The molecule has 2 aromatic rings. The summed E-state index contributed by atoms with van der Waals surface area (Å²) in [6.07, 6.45) is -6.07. The van der Waals surface area contributed by atoms with Crippen molar-refractivity contribution in [1.82, 2.24) is 14.3 Å². The smallest absolute Gasteiger partial charge is 0.416 e. The molecule has 0 N–H and O–H groups in total. The second-order valence-corrected chi connectivity index (χ2v) is 10.6. The number of anilines is 1. The normalized spacial score (nSPS) is 22.0. The number of ether oxygens (including phenoxy) is 1. The van der Waals surface area contributed by atoms with Gasteiger partial charge in [-0.2, -0.15) is 35.2 Å². The van der Waals surface area contributed by atoms with Crippen molar-refractivity contribution in [1.29, 1.82) is 0 Å². The third kappa shape index (κ3) is 6.21. The van der Waals surface area contributed by atoms with Crippen molar-refractivity contribution in [2.75, 3.05) is 51.7 Å². The average Bonchev–Trinajstić information content (AvgIpc) is 3.15. The lowest BCUT2D eigenvalue weighted by molar-refractivity contribution is -0.137. The van der Waals surface area contributed by atoms with E-state index in [1.165, 1.54) is 54.4 Å². The van der Waals surface area contributed by atoms with Gasteiger partial charge in [0.15, 0.2) is 0 Å². The number of hydroxylamine groups is 2. The van der Waals surface area contributed by atoms with Gasteiger partial charge in [-0.1, -0.05) is 12.1 Å². The SMILES string of the molecule is CN(C)S(=O)(=O)ON1CCN(C[C@@H]2OC(=O)N(c3ccc(C(F)(F)F)cc3)[C@H]2c2cccc(F)c2)CC1. The molecule has 4 rings (SSSR count). The van der Waals surface area contributed by atoms with Crippen LogP contribution in [0.2, 0.25) is 0 Å². The standard InChI is InChI=1S/C23H26F4N4O5S/c1-28(2)37(33,34)36-30-12-10-29(11-13-30)15-20-21(16-4-3-5-18(24)14-16)31(22(32)35-20)19-8-6-17(7-9-19)23(25,26)27/h3-9,14,20-21H,10-13,15H2,1-2H3/t20-,21-/m0/s1. The van der Waals surface area contributed by atoms with Crippen LogP contribution in [0, 0.1) is 5.82 Å². The predicted octanol–water partition coefficient (Wildman–Crippen LogP) is 3.27. The van der Waals surface area contributed by atoms with Gasteiger partial charge in [-0.15, -0.1) is 0 Å². The Kier molecular flexibility index (Phi) is 7.76. The largest absolute Gasteiger partial charge is 0.442 e. The van der Waals surface area contributed by atoms with Crippen LogP contribution in [-0.4, -0.2) is 81.7 Å². The van der Waals surface area contributed by atoms with Crippen molar-refractivity contribution in [2.45, 2.75) is 18.3 Å². The Balaban J connectivity index is 1.53. The topological polar surface area (TPSA) is 82.6 Å². The highest BCUT2D eigenvalue weighted by Crippen LogP contribution is 2.39. The van der Waals surface area contributed by atoms with Crippen LogP contribution in [0.3, 0.4) is 0 Å². The number of cyclic esters (lactones) is 1. The van der Waals surface area contributed by atoms with E-state index in [0.29, 0.717) is 18.7 Å². The number of rotatable bonds is 7. The highest BCUT2D eigenvalue weighted by Gasteiger charge is 2.45. The van der Waals surface area contributed by atoms with Crippen molar-refractivity contribution in [3.05, 3.63) is 65.5 Å². The Labute approximate surface area is 212 Å². The van der Waals surface area contributed by atoms with Gasteiger partial charge in [0, 0.05) is 52.5 Å².